The third-order valence-electron chi connectivity index (χ3n) is 3.40. The third kappa shape index (κ3) is 4.37. The van der Waals surface area contributed by atoms with E-state index in [2.05, 4.69) is 0 Å². The van der Waals surface area contributed by atoms with Crippen LogP contribution in [-0.2, 0) is 14.3 Å². The highest BCUT2D eigenvalue weighted by molar-refractivity contribution is 5.75. The highest BCUT2D eigenvalue weighted by atomic mass is 16.6. The van der Waals surface area contributed by atoms with Gasteiger partial charge in [-0.1, -0.05) is 0 Å². The maximum Gasteiger partial charge on any atom is 0.410 e. The summed E-state index contributed by atoms with van der Waals surface area (Å²) < 4.78 is 10.2. The van der Waals surface area contributed by atoms with Crippen LogP contribution in [-0.4, -0.2) is 48.8 Å². The number of carbonyl (C=O) groups is 2. The first-order chi connectivity index (χ1) is 9.30. The van der Waals surface area contributed by atoms with Crippen LogP contribution < -0.4 is 5.73 Å². The van der Waals surface area contributed by atoms with Gasteiger partial charge in [-0.25, -0.2) is 4.79 Å². The Morgan fingerprint density at radius 3 is 2.50 bits per heavy atom. The first-order valence-electron chi connectivity index (χ1n) is 7.07. The summed E-state index contributed by atoms with van der Waals surface area (Å²) in [5.74, 6) is -0.860. The molecule has 0 saturated carbocycles. The lowest BCUT2D eigenvalue weighted by molar-refractivity contribution is -0.147. The molecular formula is C14H26N2O4. The van der Waals surface area contributed by atoms with Crippen molar-refractivity contribution in [2.45, 2.75) is 51.7 Å². The molecule has 20 heavy (non-hydrogen) atoms. The third-order valence-corrected chi connectivity index (χ3v) is 3.40. The maximum atomic E-state index is 12.3. The predicted octanol–water partition coefficient (Wildman–Crippen LogP) is 1.52. The zero-order chi connectivity index (χ0) is 15.3. The molecule has 1 heterocycles. The Labute approximate surface area is 120 Å². The minimum absolute atomic E-state index is 0.163. The van der Waals surface area contributed by atoms with Gasteiger partial charge in [-0.05, 0) is 40.0 Å². The van der Waals surface area contributed by atoms with E-state index in [1.54, 1.807) is 4.90 Å². The molecule has 0 spiro atoms. The number of rotatable bonds is 3. The van der Waals surface area contributed by atoms with E-state index in [4.69, 9.17) is 15.2 Å². The molecule has 1 rings (SSSR count). The Morgan fingerprint density at radius 1 is 1.35 bits per heavy atom. The fourth-order valence-corrected chi connectivity index (χ4v) is 2.48. The lowest BCUT2D eigenvalue weighted by Crippen LogP contribution is -2.53. The highest BCUT2D eigenvalue weighted by Gasteiger charge is 2.38. The molecule has 2 unspecified atom stereocenters. The van der Waals surface area contributed by atoms with E-state index in [1.165, 1.54) is 7.11 Å². The van der Waals surface area contributed by atoms with Crippen LogP contribution in [0.5, 0.6) is 0 Å². The lowest BCUT2D eigenvalue weighted by Gasteiger charge is -2.39. The van der Waals surface area contributed by atoms with Gasteiger partial charge in [-0.2, -0.15) is 0 Å². The van der Waals surface area contributed by atoms with Crippen molar-refractivity contribution in [1.29, 1.82) is 0 Å². The van der Waals surface area contributed by atoms with Gasteiger partial charge in [-0.3, -0.25) is 4.79 Å². The van der Waals surface area contributed by atoms with Crippen molar-refractivity contribution < 1.29 is 19.1 Å². The highest BCUT2D eigenvalue weighted by Crippen LogP contribution is 2.26. The SMILES string of the molecule is COC(=O)C(CN)C1CCCCN1C(=O)OC(C)(C)C. The van der Waals surface area contributed by atoms with Gasteiger partial charge < -0.3 is 20.1 Å². The molecule has 6 nitrogen and oxygen atoms in total. The van der Waals surface area contributed by atoms with Crippen molar-refractivity contribution in [3.63, 3.8) is 0 Å². The summed E-state index contributed by atoms with van der Waals surface area (Å²) in [5, 5.41) is 0. The smallest absolute Gasteiger partial charge is 0.410 e. The minimum Gasteiger partial charge on any atom is -0.469 e. The Hall–Kier alpha value is -1.30. The van der Waals surface area contributed by atoms with Crippen LogP contribution in [0.4, 0.5) is 4.79 Å². The van der Waals surface area contributed by atoms with E-state index in [0.717, 1.165) is 19.3 Å². The number of carbonyl (C=O) groups excluding carboxylic acids is 2. The van der Waals surface area contributed by atoms with Crippen LogP contribution in [0.15, 0.2) is 0 Å². The maximum absolute atomic E-state index is 12.3. The Kier molecular flexibility index (Phi) is 5.80. The molecule has 0 aromatic heterocycles. The van der Waals surface area contributed by atoms with E-state index in [0.29, 0.717) is 6.54 Å². The molecule has 0 bridgehead atoms. The van der Waals surface area contributed by atoms with Gasteiger partial charge in [0.15, 0.2) is 0 Å². The number of likely N-dealkylation sites (tertiary alicyclic amines) is 1. The zero-order valence-corrected chi connectivity index (χ0v) is 12.8. The number of piperidine rings is 1. The molecule has 1 aliphatic rings. The number of hydrogen-bond donors (Lipinski definition) is 1. The number of amides is 1. The molecule has 1 saturated heterocycles. The van der Waals surface area contributed by atoms with Crippen LogP contribution in [0.3, 0.4) is 0 Å². The van der Waals surface area contributed by atoms with Crippen LogP contribution in [0, 0.1) is 5.92 Å². The molecule has 1 aliphatic heterocycles. The first-order valence-corrected chi connectivity index (χ1v) is 7.07. The Bertz CT molecular complexity index is 352. The van der Waals surface area contributed by atoms with Gasteiger partial charge in [0, 0.05) is 19.1 Å². The number of nitrogens with zero attached hydrogens (tertiary/aromatic N) is 1. The summed E-state index contributed by atoms with van der Waals surface area (Å²) in [7, 11) is 1.34. The molecule has 1 amide bonds. The van der Waals surface area contributed by atoms with Crippen molar-refractivity contribution >= 4 is 12.1 Å². The molecule has 2 atom stereocenters. The van der Waals surface area contributed by atoms with Crippen molar-refractivity contribution in [3.05, 3.63) is 0 Å². The molecule has 0 radical (unpaired) electrons. The average molecular weight is 286 g/mol. The Morgan fingerprint density at radius 2 is 2.00 bits per heavy atom. The van der Waals surface area contributed by atoms with Crippen molar-refractivity contribution in [2.24, 2.45) is 11.7 Å². The van der Waals surface area contributed by atoms with Crippen LogP contribution in [0.25, 0.3) is 0 Å². The van der Waals surface area contributed by atoms with E-state index in [-0.39, 0.29) is 24.6 Å². The molecular weight excluding hydrogens is 260 g/mol. The van der Waals surface area contributed by atoms with E-state index < -0.39 is 11.5 Å². The minimum atomic E-state index is -0.553. The number of esters is 1. The van der Waals surface area contributed by atoms with Gasteiger partial charge >= 0.3 is 12.1 Å². The second-order valence-electron chi connectivity index (χ2n) is 6.10. The summed E-state index contributed by atoms with van der Waals surface area (Å²) in [6.45, 7) is 6.23. The molecule has 6 heteroatoms. The monoisotopic (exact) mass is 286 g/mol. The molecule has 116 valence electrons. The fraction of sp³-hybridized carbons (Fsp3) is 0.857. The largest absolute Gasteiger partial charge is 0.469 e. The number of ether oxygens (including phenoxy) is 2. The summed E-state index contributed by atoms with van der Waals surface area (Å²) in [6, 6.07) is -0.240. The molecule has 1 fully saturated rings. The van der Waals surface area contributed by atoms with Gasteiger partial charge in [-0.15, -0.1) is 0 Å². The normalized spacial score (nSPS) is 21.2. The molecule has 0 aromatic rings. The summed E-state index contributed by atoms with van der Waals surface area (Å²) >= 11 is 0. The van der Waals surface area contributed by atoms with Gasteiger partial charge in [0.05, 0.1) is 13.0 Å². The van der Waals surface area contributed by atoms with Crippen molar-refractivity contribution in [2.75, 3.05) is 20.2 Å². The molecule has 0 aromatic carbocycles. The van der Waals surface area contributed by atoms with Crippen molar-refractivity contribution in [1.82, 2.24) is 4.90 Å². The van der Waals surface area contributed by atoms with Gasteiger partial charge in [0.25, 0.3) is 0 Å². The molecule has 2 N–H and O–H groups in total. The van der Waals surface area contributed by atoms with Crippen LogP contribution in [0.2, 0.25) is 0 Å². The van der Waals surface area contributed by atoms with E-state index in [1.807, 2.05) is 20.8 Å². The lowest BCUT2D eigenvalue weighted by atomic mass is 9.90. The fourth-order valence-electron chi connectivity index (χ4n) is 2.48. The predicted molar refractivity (Wildman–Crippen MR) is 75.1 cm³/mol. The number of nitrogens with two attached hydrogens (primary N) is 1. The molecule has 0 aliphatic carbocycles. The Balaban J connectivity index is 2.85. The average Bonchev–Trinajstić information content (AvgIpc) is 2.37. The second kappa shape index (κ2) is 6.92. The standard InChI is InChI=1S/C14H26N2O4/c1-14(2,3)20-13(18)16-8-6-5-7-11(16)10(9-15)12(17)19-4/h10-11H,5-9,15H2,1-4H3. The summed E-state index contributed by atoms with van der Waals surface area (Å²) in [5.41, 5.74) is 5.14. The quantitative estimate of drug-likeness (QED) is 0.795. The van der Waals surface area contributed by atoms with E-state index >= 15 is 0 Å². The number of methoxy groups -OCH3 is 1. The second-order valence-corrected chi connectivity index (χ2v) is 6.10. The topological polar surface area (TPSA) is 81.9 Å². The zero-order valence-electron chi connectivity index (χ0n) is 12.8. The summed E-state index contributed by atoms with van der Waals surface area (Å²) in [4.78, 5) is 25.7. The van der Waals surface area contributed by atoms with Gasteiger partial charge in [0.2, 0.25) is 0 Å². The number of hydrogen-bond acceptors (Lipinski definition) is 5. The summed E-state index contributed by atoms with van der Waals surface area (Å²) in [6.07, 6.45) is 2.24. The van der Waals surface area contributed by atoms with E-state index in [9.17, 15) is 9.59 Å². The first kappa shape index (κ1) is 16.8. The van der Waals surface area contributed by atoms with Crippen LogP contribution in [0.1, 0.15) is 40.0 Å². The van der Waals surface area contributed by atoms with Crippen LogP contribution >= 0.6 is 0 Å². The van der Waals surface area contributed by atoms with Crippen molar-refractivity contribution in [3.8, 4) is 0 Å². The van der Waals surface area contributed by atoms with Gasteiger partial charge in [0.1, 0.15) is 5.60 Å².